The molecule has 5 nitrogen and oxygen atoms in total. The van der Waals surface area contributed by atoms with Gasteiger partial charge in [0.15, 0.2) is 12.0 Å². The van der Waals surface area contributed by atoms with Crippen molar-refractivity contribution in [3.63, 3.8) is 0 Å². The van der Waals surface area contributed by atoms with Crippen LogP contribution in [0.5, 0.6) is 0 Å². The average molecular weight is 195 g/mol. The van der Waals surface area contributed by atoms with Gasteiger partial charge in [0.2, 0.25) is 0 Å². The Morgan fingerprint density at radius 3 is 3.14 bits per heavy atom. The summed E-state index contributed by atoms with van der Waals surface area (Å²) in [6, 6.07) is 0. The van der Waals surface area contributed by atoms with Crippen LogP contribution in [0.2, 0.25) is 0 Å². The van der Waals surface area contributed by atoms with Crippen LogP contribution in [-0.4, -0.2) is 27.9 Å². The van der Waals surface area contributed by atoms with Crippen LogP contribution in [0.25, 0.3) is 0 Å². The summed E-state index contributed by atoms with van der Waals surface area (Å²) >= 11 is 0. The van der Waals surface area contributed by atoms with Crippen molar-refractivity contribution in [1.29, 1.82) is 0 Å². The molecule has 1 aliphatic rings. The third-order valence-electron chi connectivity index (χ3n) is 2.45. The van der Waals surface area contributed by atoms with Gasteiger partial charge in [0.25, 0.3) is 0 Å². The number of rotatable bonds is 3. The zero-order chi connectivity index (χ0) is 9.97. The van der Waals surface area contributed by atoms with Crippen LogP contribution in [0.1, 0.15) is 42.1 Å². The Bertz CT molecular complexity index is 329. The third kappa shape index (κ3) is 1.43. The number of ether oxygens (including phenoxy) is 1. The van der Waals surface area contributed by atoms with Crippen molar-refractivity contribution in [1.82, 2.24) is 15.0 Å². The van der Waals surface area contributed by atoms with E-state index in [2.05, 4.69) is 10.3 Å². The van der Waals surface area contributed by atoms with E-state index < -0.39 is 0 Å². The second-order valence-electron chi connectivity index (χ2n) is 3.30. The lowest BCUT2D eigenvalue weighted by molar-refractivity contribution is 0.101. The molecule has 1 saturated heterocycles. The van der Waals surface area contributed by atoms with Gasteiger partial charge >= 0.3 is 0 Å². The first-order chi connectivity index (χ1) is 6.86. The van der Waals surface area contributed by atoms with E-state index in [1.54, 1.807) is 4.68 Å². The van der Waals surface area contributed by atoms with Gasteiger partial charge in [-0.25, -0.2) is 4.68 Å². The molecule has 5 heteroatoms. The lowest BCUT2D eigenvalue weighted by Crippen LogP contribution is -2.09. The largest absolute Gasteiger partial charge is 0.372 e. The molecule has 14 heavy (non-hydrogen) atoms. The van der Waals surface area contributed by atoms with Gasteiger partial charge in [0.1, 0.15) is 6.10 Å². The van der Waals surface area contributed by atoms with Crippen LogP contribution >= 0.6 is 0 Å². The number of aromatic nitrogens is 3. The first-order valence-electron chi connectivity index (χ1n) is 4.87. The first-order valence-corrected chi connectivity index (χ1v) is 4.87. The summed E-state index contributed by atoms with van der Waals surface area (Å²) in [6.07, 6.45) is 2.74. The highest BCUT2D eigenvalue weighted by molar-refractivity contribution is 5.73. The van der Waals surface area contributed by atoms with Gasteiger partial charge in [-0.05, 0) is 19.8 Å². The molecule has 1 fully saturated rings. The highest BCUT2D eigenvalue weighted by Gasteiger charge is 2.25. The highest BCUT2D eigenvalue weighted by Crippen LogP contribution is 2.29. The maximum atomic E-state index is 10.7. The molecular formula is C9H13N3O2. The quantitative estimate of drug-likeness (QED) is 0.674. The number of hydrogen-bond donors (Lipinski definition) is 0. The molecule has 1 atom stereocenters. The van der Waals surface area contributed by atoms with Crippen molar-refractivity contribution in [3.8, 4) is 0 Å². The summed E-state index contributed by atoms with van der Waals surface area (Å²) in [5.74, 6) is 0. The summed E-state index contributed by atoms with van der Waals surface area (Å²) in [4.78, 5) is 10.7. The van der Waals surface area contributed by atoms with Crippen molar-refractivity contribution in [3.05, 3.63) is 11.4 Å². The van der Waals surface area contributed by atoms with Crippen molar-refractivity contribution >= 4 is 6.29 Å². The summed E-state index contributed by atoms with van der Waals surface area (Å²) in [5.41, 5.74) is 1.25. The number of hydrogen-bond acceptors (Lipinski definition) is 4. The number of nitrogens with zero attached hydrogens (tertiary/aromatic N) is 3. The highest BCUT2D eigenvalue weighted by atomic mass is 16.5. The van der Waals surface area contributed by atoms with Crippen molar-refractivity contribution in [2.24, 2.45) is 0 Å². The fourth-order valence-corrected chi connectivity index (χ4v) is 1.78. The topological polar surface area (TPSA) is 57.0 Å². The van der Waals surface area contributed by atoms with E-state index in [0.717, 1.165) is 38.0 Å². The molecule has 1 unspecified atom stereocenters. The summed E-state index contributed by atoms with van der Waals surface area (Å²) < 4.78 is 7.26. The van der Waals surface area contributed by atoms with E-state index in [1.807, 2.05) is 6.92 Å². The molecule has 0 N–H and O–H groups in total. The van der Waals surface area contributed by atoms with Gasteiger partial charge in [0.05, 0.1) is 5.69 Å². The van der Waals surface area contributed by atoms with Gasteiger partial charge in [-0.1, -0.05) is 5.21 Å². The molecule has 0 amide bonds. The van der Waals surface area contributed by atoms with E-state index in [-0.39, 0.29) is 6.10 Å². The zero-order valence-electron chi connectivity index (χ0n) is 8.14. The Hall–Kier alpha value is -1.23. The lowest BCUT2D eigenvalue weighted by atomic mass is 10.1. The van der Waals surface area contributed by atoms with E-state index in [9.17, 15) is 4.79 Å². The minimum absolute atomic E-state index is 0.00477. The van der Waals surface area contributed by atoms with Crippen LogP contribution in [0, 0.1) is 0 Å². The number of aryl methyl sites for hydroxylation is 1. The number of carbonyl (C=O) groups excluding carboxylic acids is 1. The maximum absolute atomic E-state index is 10.7. The first kappa shape index (κ1) is 9.33. The number of aldehydes is 1. The molecule has 0 aliphatic carbocycles. The molecule has 2 rings (SSSR count). The van der Waals surface area contributed by atoms with E-state index >= 15 is 0 Å². The standard InChI is InChI=1S/C9H13N3O2/c1-2-12-9(7(6-13)10-11-12)8-4-3-5-14-8/h6,8H,2-5H2,1H3. The molecule has 0 bridgehead atoms. The molecule has 1 aromatic heterocycles. The fraction of sp³-hybridized carbons (Fsp3) is 0.667. The van der Waals surface area contributed by atoms with E-state index in [1.165, 1.54) is 0 Å². The van der Waals surface area contributed by atoms with Crippen molar-refractivity contribution in [2.45, 2.75) is 32.4 Å². The molecule has 0 aromatic carbocycles. The van der Waals surface area contributed by atoms with E-state index in [4.69, 9.17) is 4.74 Å². The second kappa shape index (κ2) is 3.88. The summed E-state index contributed by atoms with van der Waals surface area (Å²) in [7, 11) is 0. The van der Waals surface area contributed by atoms with Gasteiger partial charge < -0.3 is 4.74 Å². The van der Waals surface area contributed by atoms with Gasteiger partial charge in [-0.3, -0.25) is 4.79 Å². The average Bonchev–Trinajstić information content (AvgIpc) is 2.85. The lowest BCUT2D eigenvalue weighted by Gasteiger charge is -2.10. The van der Waals surface area contributed by atoms with Gasteiger partial charge in [-0.15, -0.1) is 5.10 Å². The molecule has 1 aliphatic heterocycles. The minimum Gasteiger partial charge on any atom is -0.372 e. The molecule has 2 heterocycles. The SMILES string of the molecule is CCn1nnc(C=O)c1C1CCCO1. The fourth-order valence-electron chi connectivity index (χ4n) is 1.78. The van der Waals surface area contributed by atoms with Gasteiger partial charge in [0, 0.05) is 13.2 Å². The molecule has 0 spiro atoms. The molecule has 0 saturated carbocycles. The van der Waals surface area contributed by atoms with Gasteiger partial charge in [-0.2, -0.15) is 0 Å². The Morgan fingerprint density at radius 1 is 1.71 bits per heavy atom. The van der Waals surface area contributed by atoms with Crippen LogP contribution in [0.4, 0.5) is 0 Å². The smallest absolute Gasteiger partial charge is 0.172 e. The summed E-state index contributed by atoms with van der Waals surface area (Å²) in [6.45, 7) is 3.45. The van der Waals surface area contributed by atoms with Crippen molar-refractivity contribution < 1.29 is 9.53 Å². The van der Waals surface area contributed by atoms with Crippen molar-refractivity contribution in [2.75, 3.05) is 6.61 Å². The number of carbonyl (C=O) groups is 1. The predicted octanol–water partition coefficient (Wildman–Crippen LogP) is 0.962. The summed E-state index contributed by atoms with van der Waals surface area (Å²) in [5, 5.41) is 7.72. The monoisotopic (exact) mass is 195 g/mol. The van der Waals surface area contributed by atoms with Crippen LogP contribution in [0.15, 0.2) is 0 Å². The van der Waals surface area contributed by atoms with E-state index in [0.29, 0.717) is 5.69 Å². The molecule has 0 radical (unpaired) electrons. The van der Waals surface area contributed by atoms with Crippen LogP contribution in [0.3, 0.4) is 0 Å². The normalized spacial score (nSPS) is 21.4. The Labute approximate surface area is 82.1 Å². The van der Waals surface area contributed by atoms with Crippen LogP contribution < -0.4 is 0 Å². The minimum atomic E-state index is 0.00477. The zero-order valence-corrected chi connectivity index (χ0v) is 8.14. The third-order valence-corrected chi connectivity index (χ3v) is 2.45. The Balaban J connectivity index is 2.36. The molecular weight excluding hydrogens is 182 g/mol. The predicted molar refractivity (Wildman–Crippen MR) is 49.0 cm³/mol. The Morgan fingerprint density at radius 2 is 2.57 bits per heavy atom. The van der Waals surface area contributed by atoms with Crippen LogP contribution in [-0.2, 0) is 11.3 Å². The molecule has 76 valence electrons. The maximum Gasteiger partial charge on any atom is 0.172 e. The Kier molecular flexibility index (Phi) is 2.58. The molecule has 1 aromatic rings. The second-order valence-corrected chi connectivity index (χ2v) is 3.30.